The van der Waals surface area contributed by atoms with Crippen molar-refractivity contribution in [3.05, 3.63) is 29.8 Å². The fourth-order valence-electron chi connectivity index (χ4n) is 3.52. The Kier molecular flexibility index (Phi) is 8.74. The zero-order valence-electron chi connectivity index (χ0n) is 16.0. The lowest BCUT2D eigenvalue weighted by molar-refractivity contribution is -0.141. The molecule has 0 spiro atoms. The van der Waals surface area contributed by atoms with E-state index >= 15 is 0 Å². The minimum atomic E-state index is -0.414. The molecule has 0 radical (unpaired) electrons. The molecule has 1 aromatic rings. The predicted octanol–water partition coefficient (Wildman–Crippen LogP) is 3.53. The fourth-order valence-corrected chi connectivity index (χ4v) is 3.52. The largest absolute Gasteiger partial charge is 0.496 e. The van der Waals surface area contributed by atoms with Crippen LogP contribution in [0.25, 0.3) is 0 Å². The van der Waals surface area contributed by atoms with Gasteiger partial charge in [0, 0.05) is 18.5 Å². The van der Waals surface area contributed by atoms with Gasteiger partial charge in [-0.25, -0.2) is 0 Å². The molecule has 0 aliphatic carbocycles. The van der Waals surface area contributed by atoms with E-state index in [1.165, 1.54) is 0 Å². The Labute approximate surface area is 158 Å². The van der Waals surface area contributed by atoms with Gasteiger partial charge < -0.3 is 15.0 Å². The van der Waals surface area contributed by atoms with Gasteiger partial charge in [-0.05, 0) is 49.9 Å². The first kappa shape index (κ1) is 21.8. The van der Waals surface area contributed by atoms with Gasteiger partial charge in [0.05, 0.1) is 7.11 Å². The van der Waals surface area contributed by atoms with Crippen LogP contribution in [0.2, 0.25) is 0 Å². The van der Waals surface area contributed by atoms with Gasteiger partial charge in [-0.2, -0.15) is 0 Å². The standard InChI is InChI=1S/C20H32N2O2.ClH/c1-5-21-15-16-10-12-22(13-11-16)19(23)20(2,3)14-17-8-6-7-9-18(17)24-4;/h6-9,16,21H,5,10-15H2,1-4H3;1H. The summed E-state index contributed by atoms with van der Waals surface area (Å²) in [6.07, 6.45) is 2.90. The van der Waals surface area contributed by atoms with Crippen LogP contribution in [-0.2, 0) is 11.2 Å². The summed E-state index contributed by atoms with van der Waals surface area (Å²) in [5, 5.41) is 3.42. The molecule has 0 bridgehead atoms. The summed E-state index contributed by atoms with van der Waals surface area (Å²) in [4.78, 5) is 15.1. The first-order chi connectivity index (χ1) is 11.5. The van der Waals surface area contributed by atoms with Gasteiger partial charge in [-0.15, -0.1) is 12.4 Å². The quantitative estimate of drug-likeness (QED) is 0.800. The highest BCUT2D eigenvalue weighted by Crippen LogP contribution is 2.31. The number of carbonyl (C=O) groups excluding carboxylic acids is 1. The van der Waals surface area contributed by atoms with Crippen molar-refractivity contribution < 1.29 is 9.53 Å². The maximum atomic E-state index is 13.0. The summed E-state index contributed by atoms with van der Waals surface area (Å²) in [7, 11) is 1.68. The van der Waals surface area contributed by atoms with Gasteiger partial charge in [0.2, 0.25) is 5.91 Å². The number of rotatable bonds is 7. The zero-order chi connectivity index (χ0) is 17.6. The lowest BCUT2D eigenvalue weighted by Gasteiger charge is -2.37. The van der Waals surface area contributed by atoms with Crippen LogP contribution < -0.4 is 10.1 Å². The Morgan fingerprint density at radius 2 is 1.92 bits per heavy atom. The third-order valence-corrected chi connectivity index (χ3v) is 4.99. The number of ether oxygens (including phenoxy) is 1. The summed E-state index contributed by atoms with van der Waals surface area (Å²) in [5.41, 5.74) is 0.684. The van der Waals surface area contributed by atoms with Crippen LogP contribution in [0.4, 0.5) is 0 Å². The third-order valence-electron chi connectivity index (χ3n) is 4.99. The van der Waals surface area contributed by atoms with E-state index in [2.05, 4.69) is 23.2 Å². The van der Waals surface area contributed by atoms with E-state index in [1.807, 2.05) is 32.0 Å². The number of hydrogen-bond acceptors (Lipinski definition) is 3. The highest BCUT2D eigenvalue weighted by atomic mass is 35.5. The molecule has 0 atom stereocenters. The number of hydrogen-bond donors (Lipinski definition) is 1. The Hall–Kier alpha value is -1.26. The number of piperidine rings is 1. The van der Waals surface area contributed by atoms with Crippen LogP contribution >= 0.6 is 12.4 Å². The summed E-state index contributed by atoms with van der Waals surface area (Å²) in [5.74, 6) is 1.82. The molecule has 4 nitrogen and oxygen atoms in total. The topological polar surface area (TPSA) is 41.6 Å². The molecule has 1 saturated heterocycles. The minimum Gasteiger partial charge on any atom is -0.496 e. The first-order valence-corrected chi connectivity index (χ1v) is 9.10. The normalized spacial score (nSPS) is 15.6. The summed E-state index contributed by atoms with van der Waals surface area (Å²) in [6, 6.07) is 7.98. The van der Waals surface area contributed by atoms with Gasteiger partial charge in [0.15, 0.2) is 0 Å². The van der Waals surface area contributed by atoms with Crippen LogP contribution in [0.1, 0.15) is 39.2 Å². The molecule has 142 valence electrons. The number of amides is 1. The van der Waals surface area contributed by atoms with E-state index < -0.39 is 5.41 Å². The molecule has 1 amide bonds. The maximum absolute atomic E-state index is 13.0. The van der Waals surface area contributed by atoms with E-state index in [0.717, 1.165) is 50.3 Å². The molecule has 0 saturated carbocycles. The SMILES string of the molecule is CCNCC1CCN(C(=O)C(C)(C)Cc2ccccc2OC)CC1.Cl. The van der Waals surface area contributed by atoms with Crippen molar-refractivity contribution in [1.82, 2.24) is 10.2 Å². The lowest BCUT2D eigenvalue weighted by Crippen LogP contribution is -2.47. The van der Waals surface area contributed by atoms with E-state index in [9.17, 15) is 4.79 Å². The van der Waals surface area contributed by atoms with Gasteiger partial charge in [0.1, 0.15) is 5.75 Å². The van der Waals surface area contributed by atoms with Gasteiger partial charge >= 0.3 is 0 Å². The summed E-state index contributed by atoms with van der Waals surface area (Å²) < 4.78 is 5.44. The number of carbonyl (C=O) groups is 1. The van der Waals surface area contributed by atoms with Crippen molar-refractivity contribution in [3.63, 3.8) is 0 Å². The second kappa shape index (κ2) is 10.0. The molecule has 5 heteroatoms. The van der Waals surface area contributed by atoms with Crippen LogP contribution in [-0.4, -0.2) is 44.1 Å². The lowest BCUT2D eigenvalue weighted by atomic mass is 9.83. The van der Waals surface area contributed by atoms with Crippen LogP contribution in [0.5, 0.6) is 5.75 Å². The van der Waals surface area contributed by atoms with Crippen molar-refractivity contribution in [2.24, 2.45) is 11.3 Å². The Bertz CT molecular complexity index is 540. The van der Waals surface area contributed by atoms with E-state index in [4.69, 9.17) is 4.74 Å². The second-order valence-electron chi connectivity index (χ2n) is 7.42. The van der Waals surface area contributed by atoms with Gasteiger partial charge in [-0.1, -0.05) is 39.0 Å². The third kappa shape index (κ3) is 5.89. The zero-order valence-corrected chi connectivity index (χ0v) is 16.8. The van der Waals surface area contributed by atoms with Crippen molar-refractivity contribution in [2.45, 2.75) is 40.0 Å². The molecular formula is C20H33ClN2O2. The molecule has 1 heterocycles. The van der Waals surface area contributed by atoms with Crippen molar-refractivity contribution in [3.8, 4) is 5.75 Å². The number of likely N-dealkylation sites (tertiary alicyclic amines) is 1. The maximum Gasteiger partial charge on any atom is 0.228 e. The van der Waals surface area contributed by atoms with Crippen molar-refractivity contribution in [2.75, 3.05) is 33.3 Å². The second-order valence-corrected chi connectivity index (χ2v) is 7.42. The average molecular weight is 369 g/mol. The molecule has 1 aromatic carbocycles. The van der Waals surface area contributed by atoms with Gasteiger partial charge in [0.25, 0.3) is 0 Å². The number of benzene rings is 1. The highest BCUT2D eigenvalue weighted by Gasteiger charge is 2.34. The number of para-hydroxylation sites is 1. The molecule has 1 N–H and O–H groups in total. The van der Waals surface area contributed by atoms with E-state index in [-0.39, 0.29) is 18.3 Å². The fraction of sp³-hybridized carbons (Fsp3) is 0.650. The molecule has 1 fully saturated rings. The molecule has 0 unspecified atom stereocenters. The smallest absolute Gasteiger partial charge is 0.228 e. The Balaban J connectivity index is 0.00000312. The predicted molar refractivity (Wildman–Crippen MR) is 106 cm³/mol. The van der Waals surface area contributed by atoms with E-state index in [0.29, 0.717) is 12.3 Å². The molecule has 25 heavy (non-hydrogen) atoms. The number of nitrogens with one attached hydrogen (secondary N) is 1. The molecule has 2 rings (SSSR count). The monoisotopic (exact) mass is 368 g/mol. The first-order valence-electron chi connectivity index (χ1n) is 9.10. The highest BCUT2D eigenvalue weighted by molar-refractivity contribution is 5.85. The molecular weight excluding hydrogens is 336 g/mol. The average Bonchev–Trinajstić information content (AvgIpc) is 2.60. The van der Waals surface area contributed by atoms with Gasteiger partial charge in [-0.3, -0.25) is 4.79 Å². The Morgan fingerprint density at radius 3 is 2.52 bits per heavy atom. The van der Waals surface area contributed by atoms with E-state index in [1.54, 1.807) is 7.11 Å². The van der Waals surface area contributed by atoms with Crippen molar-refractivity contribution in [1.29, 1.82) is 0 Å². The number of nitrogens with zero attached hydrogens (tertiary/aromatic N) is 1. The van der Waals surface area contributed by atoms with Crippen LogP contribution in [0, 0.1) is 11.3 Å². The molecule has 1 aliphatic heterocycles. The summed E-state index contributed by atoms with van der Waals surface area (Å²) in [6.45, 7) is 10.1. The molecule has 1 aliphatic rings. The van der Waals surface area contributed by atoms with Crippen molar-refractivity contribution >= 4 is 18.3 Å². The number of methoxy groups -OCH3 is 1. The Morgan fingerprint density at radius 1 is 1.28 bits per heavy atom. The minimum absolute atomic E-state index is 0. The molecule has 0 aromatic heterocycles. The number of halogens is 1. The van der Waals surface area contributed by atoms with Crippen LogP contribution in [0.15, 0.2) is 24.3 Å². The summed E-state index contributed by atoms with van der Waals surface area (Å²) >= 11 is 0. The van der Waals surface area contributed by atoms with Crippen LogP contribution in [0.3, 0.4) is 0 Å².